The van der Waals surface area contributed by atoms with E-state index in [0.717, 1.165) is 48.5 Å². The van der Waals surface area contributed by atoms with Crippen LogP contribution in [-0.2, 0) is 10.5 Å². The van der Waals surface area contributed by atoms with Crippen molar-refractivity contribution in [1.29, 1.82) is 0 Å². The number of rotatable bonds is 7. The van der Waals surface area contributed by atoms with Crippen LogP contribution in [0.2, 0.25) is 0 Å². The van der Waals surface area contributed by atoms with Crippen molar-refractivity contribution in [3.05, 3.63) is 17.0 Å². The first-order chi connectivity index (χ1) is 10.1. The van der Waals surface area contributed by atoms with Gasteiger partial charge in [0.25, 0.3) is 0 Å². The minimum absolute atomic E-state index is 0.0338. The molecule has 2 rings (SSSR count). The molecule has 5 nitrogen and oxygen atoms in total. The summed E-state index contributed by atoms with van der Waals surface area (Å²) in [6, 6.07) is 0. The Morgan fingerprint density at radius 2 is 2.14 bits per heavy atom. The van der Waals surface area contributed by atoms with E-state index in [1.807, 2.05) is 13.8 Å². The molecule has 1 fully saturated rings. The Morgan fingerprint density at radius 1 is 1.43 bits per heavy atom. The van der Waals surface area contributed by atoms with Gasteiger partial charge in [-0.1, -0.05) is 18.0 Å². The van der Waals surface area contributed by atoms with Gasteiger partial charge in [-0.15, -0.1) is 11.8 Å². The lowest BCUT2D eigenvalue weighted by atomic mass is 9.87. The minimum atomic E-state index is -0.0814. The molecule has 0 aromatic carbocycles. The van der Waals surface area contributed by atoms with Gasteiger partial charge in [0.1, 0.15) is 5.76 Å². The van der Waals surface area contributed by atoms with Crippen molar-refractivity contribution in [2.45, 2.75) is 45.3 Å². The number of aliphatic hydroxyl groups excluding tert-OH is 1. The Bertz CT molecular complexity index is 462. The Kier molecular flexibility index (Phi) is 5.70. The van der Waals surface area contributed by atoms with Crippen molar-refractivity contribution < 1.29 is 14.4 Å². The highest BCUT2D eigenvalue weighted by Gasteiger charge is 2.33. The summed E-state index contributed by atoms with van der Waals surface area (Å²) in [5.74, 6) is 2.02. The van der Waals surface area contributed by atoms with E-state index in [0.29, 0.717) is 12.3 Å². The monoisotopic (exact) mass is 312 g/mol. The van der Waals surface area contributed by atoms with Crippen molar-refractivity contribution in [1.82, 2.24) is 10.5 Å². The molecule has 21 heavy (non-hydrogen) atoms. The molecule has 1 heterocycles. The van der Waals surface area contributed by atoms with Gasteiger partial charge in [-0.05, 0) is 26.7 Å². The zero-order valence-electron chi connectivity index (χ0n) is 12.8. The van der Waals surface area contributed by atoms with Crippen LogP contribution in [0.15, 0.2) is 4.52 Å². The van der Waals surface area contributed by atoms with Crippen molar-refractivity contribution >= 4 is 17.7 Å². The van der Waals surface area contributed by atoms with E-state index in [2.05, 4.69) is 10.5 Å². The first-order valence-corrected chi connectivity index (χ1v) is 8.59. The van der Waals surface area contributed by atoms with Crippen LogP contribution >= 0.6 is 11.8 Å². The highest BCUT2D eigenvalue weighted by Crippen LogP contribution is 2.36. The summed E-state index contributed by atoms with van der Waals surface area (Å²) in [7, 11) is 0. The molecule has 1 saturated carbocycles. The van der Waals surface area contributed by atoms with Crippen LogP contribution in [0.1, 0.15) is 42.7 Å². The quantitative estimate of drug-likeness (QED) is 0.807. The van der Waals surface area contributed by atoms with Gasteiger partial charge < -0.3 is 14.9 Å². The number of thioether (sulfide) groups is 1. The number of nitrogens with zero attached hydrogens (tertiary/aromatic N) is 1. The summed E-state index contributed by atoms with van der Waals surface area (Å²) >= 11 is 1.56. The van der Waals surface area contributed by atoms with Gasteiger partial charge in [0, 0.05) is 23.3 Å². The standard InChI is InChI=1S/C15H24N2O3S/c1-11-13(12(2)20-17-11)7-21-8-14(19)16-9-15(10-18)5-3-4-6-15/h18H,3-10H2,1-2H3,(H,16,19). The molecular weight excluding hydrogens is 288 g/mol. The Hall–Kier alpha value is -1.01. The molecule has 0 spiro atoms. The van der Waals surface area contributed by atoms with Crippen LogP contribution in [0.25, 0.3) is 0 Å². The van der Waals surface area contributed by atoms with Crippen LogP contribution in [0.5, 0.6) is 0 Å². The van der Waals surface area contributed by atoms with E-state index in [4.69, 9.17) is 4.52 Å². The zero-order chi connectivity index (χ0) is 15.3. The summed E-state index contributed by atoms with van der Waals surface area (Å²) in [5.41, 5.74) is 1.89. The Morgan fingerprint density at radius 3 is 2.71 bits per heavy atom. The number of aromatic nitrogens is 1. The first kappa shape index (κ1) is 16.4. The van der Waals surface area contributed by atoms with Gasteiger partial charge in [0.05, 0.1) is 18.1 Å². The molecule has 6 heteroatoms. The normalized spacial score (nSPS) is 17.1. The van der Waals surface area contributed by atoms with E-state index in [9.17, 15) is 9.90 Å². The average molecular weight is 312 g/mol. The maximum Gasteiger partial charge on any atom is 0.230 e. The van der Waals surface area contributed by atoms with Crippen LogP contribution in [0, 0.1) is 19.3 Å². The molecule has 0 saturated heterocycles. The van der Waals surface area contributed by atoms with E-state index in [1.165, 1.54) is 0 Å². The smallest absolute Gasteiger partial charge is 0.230 e. The third-order valence-electron chi connectivity index (χ3n) is 4.32. The van der Waals surface area contributed by atoms with Gasteiger partial charge in [0.15, 0.2) is 0 Å². The lowest BCUT2D eigenvalue weighted by Crippen LogP contribution is -2.39. The Labute approximate surface area is 129 Å². The maximum absolute atomic E-state index is 11.9. The van der Waals surface area contributed by atoms with Crippen LogP contribution in [0.3, 0.4) is 0 Å². The number of carbonyl (C=O) groups is 1. The predicted molar refractivity (Wildman–Crippen MR) is 83.1 cm³/mol. The molecule has 1 amide bonds. The molecule has 0 atom stereocenters. The fourth-order valence-electron chi connectivity index (χ4n) is 2.81. The summed E-state index contributed by atoms with van der Waals surface area (Å²) in [4.78, 5) is 11.9. The largest absolute Gasteiger partial charge is 0.396 e. The van der Waals surface area contributed by atoms with Crippen molar-refractivity contribution in [2.24, 2.45) is 5.41 Å². The summed E-state index contributed by atoms with van der Waals surface area (Å²) in [6.07, 6.45) is 4.32. The van der Waals surface area contributed by atoms with Crippen LogP contribution < -0.4 is 5.32 Å². The summed E-state index contributed by atoms with van der Waals surface area (Å²) in [6.45, 7) is 4.56. The molecule has 0 unspecified atom stereocenters. The lowest BCUT2D eigenvalue weighted by molar-refractivity contribution is -0.119. The number of aliphatic hydroxyl groups is 1. The SMILES string of the molecule is Cc1noc(C)c1CSCC(=O)NCC1(CO)CCCC1. The molecule has 1 aliphatic carbocycles. The number of aryl methyl sites for hydroxylation is 2. The van der Waals surface area contributed by atoms with E-state index < -0.39 is 0 Å². The lowest BCUT2D eigenvalue weighted by Gasteiger charge is -2.26. The van der Waals surface area contributed by atoms with Gasteiger partial charge in [-0.25, -0.2) is 0 Å². The second-order valence-corrected chi connectivity index (χ2v) is 6.92. The van der Waals surface area contributed by atoms with Gasteiger partial charge >= 0.3 is 0 Å². The highest BCUT2D eigenvalue weighted by molar-refractivity contribution is 7.99. The van der Waals surface area contributed by atoms with Crippen molar-refractivity contribution in [3.63, 3.8) is 0 Å². The number of hydrogen-bond acceptors (Lipinski definition) is 5. The number of hydrogen-bond donors (Lipinski definition) is 2. The molecule has 2 N–H and O–H groups in total. The number of carbonyl (C=O) groups excluding carboxylic acids is 1. The molecular formula is C15H24N2O3S. The molecule has 1 aromatic rings. The molecule has 1 aliphatic rings. The second-order valence-electron chi connectivity index (χ2n) is 5.94. The van der Waals surface area contributed by atoms with Gasteiger partial charge in [-0.2, -0.15) is 0 Å². The van der Waals surface area contributed by atoms with E-state index >= 15 is 0 Å². The number of nitrogens with one attached hydrogen (secondary N) is 1. The predicted octanol–water partition coefficient (Wildman–Crippen LogP) is 2.19. The first-order valence-electron chi connectivity index (χ1n) is 7.43. The van der Waals surface area contributed by atoms with E-state index in [-0.39, 0.29) is 17.9 Å². The molecule has 118 valence electrons. The highest BCUT2D eigenvalue weighted by atomic mass is 32.2. The zero-order valence-corrected chi connectivity index (χ0v) is 13.6. The fourth-order valence-corrected chi connectivity index (χ4v) is 3.81. The minimum Gasteiger partial charge on any atom is -0.396 e. The topological polar surface area (TPSA) is 75.4 Å². The maximum atomic E-state index is 11.9. The number of amides is 1. The Balaban J connectivity index is 1.70. The summed E-state index contributed by atoms with van der Waals surface area (Å²) in [5, 5.41) is 16.4. The molecule has 0 bridgehead atoms. The van der Waals surface area contributed by atoms with E-state index in [1.54, 1.807) is 11.8 Å². The third-order valence-corrected chi connectivity index (χ3v) is 5.28. The molecule has 0 radical (unpaired) electrons. The molecule has 0 aliphatic heterocycles. The van der Waals surface area contributed by atoms with Crippen LogP contribution in [-0.4, -0.2) is 35.1 Å². The van der Waals surface area contributed by atoms with Crippen molar-refractivity contribution in [3.8, 4) is 0 Å². The average Bonchev–Trinajstić information content (AvgIpc) is 3.07. The molecule has 1 aromatic heterocycles. The van der Waals surface area contributed by atoms with Crippen molar-refractivity contribution in [2.75, 3.05) is 18.9 Å². The summed E-state index contributed by atoms with van der Waals surface area (Å²) < 4.78 is 5.10. The van der Waals surface area contributed by atoms with Gasteiger partial charge in [0.2, 0.25) is 5.91 Å². The van der Waals surface area contributed by atoms with Gasteiger partial charge in [-0.3, -0.25) is 4.79 Å². The third kappa shape index (κ3) is 4.23. The van der Waals surface area contributed by atoms with Crippen LogP contribution in [0.4, 0.5) is 0 Å². The second kappa shape index (κ2) is 7.31. The fraction of sp³-hybridized carbons (Fsp3) is 0.733.